The van der Waals surface area contributed by atoms with Crippen LogP contribution in [0.15, 0.2) is 30.5 Å². The molecule has 6 atom stereocenters. The number of phenols is 1. The summed E-state index contributed by atoms with van der Waals surface area (Å²) >= 11 is 0. The number of anilines is 1. The quantitative estimate of drug-likeness (QED) is 0.161. The van der Waals surface area contributed by atoms with E-state index in [0.29, 0.717) is 22.2 Å². The van der Waals surface area contributed by atoms with E-state index in [1.54, 1.807) is 13.0 Å². The molecule has 0 bridgehead atoms. The Kier molecular flexibility index (Phi) is 7.84. The first kappa shape index (κ1) is 29.4. The second-order valence-electron chi connectivity index (χ2n) is 11.6. The number of ether oxygens (including phenoxy) is 2. The maximum absolute atomic E-state index is 14.0. The molecule has 1 aliphatic heterocycles. The molecule has 12 nitrogen and oxygen atoms in total. The summed E-state index contributed by atoms with van der Waals surface area (Å²) in [6, 6.07) is 5.91. The summed E-state index contributed by atoms with van der Waals surface area (Å²) < 4.78 is 11.5. The molecular formula is C31H34N2O10. The highest BCUT2D eigenvalue weighted by molar-refractivity contribution is 6.34. The van der Waals surface area contributed by atoms with Gasteiger partial charge < -0.3 is 45.4 Å². The topological polar surface area (TPSA) is 199 Å². The summed E-state index contributed by atoms with van der Waals surface area (Å²) in [7, 11) is 0. The Morgan fingerprint density at radius 1 is 1.00 bits per heavy atom. The van der Waals surface area contributed by atoms with Crippen molar-refractivity contribution in [2.75, 3.05) is 18.5 Å². The third-order valence-electron chi connectivity index (χ3n) is 8.73. The van der Waals surface area contributed by atoms with Crippen molar-refractivity contribution in [3.05, 3.63) is 58.3 Å². The van der Waals surface area contributed by atoms with E-state index in [1.807, 2.05) is 0 Å². The lowest BCUT2D eigenvalue weighted by Crippen LogP contribution is -2.60. The molecule has 3 aromatic rings. The third kappa shape index (κ3) is 5.03. The molecule has 3 aliphatic rings. The van der Waals surface area contributed by atoms with Crippen LogP contribution in [0.25, 0.3) is 10.8 Å². The highest BCUT2D eigenvalue weighted by Gasteiger charge is 2.46. The maximum atomic E-state index is 14.0. The van der Waals surface area contributed by atoms with Gasteiger partial charge in [0.25, 0.3) is 0 Å². The van der Waals surface area contributed by atoms with Gasteiger partial charge in [-0.2, -0.15) is 0 Å². The number of hydrogen-bond donors (Lipinski definition) is 7. The molecular weight excluding hydrogens is 560 g/mol. The Morgan fingerprint density at radius 3 is 2.47 bits per heavy atom. The van der Waals surface area contributed by atoms with Gasteiger partial charge in [-0.25, -0.2) is 4.98 Å². The number of carbonyl (C=O) groups excluding carboxylic acids is 2. The number of carbonyl (C=O) groups is 2. The molecule has 1 saturated heterocycles. The fourth-order valence-electron chi connectivity index (χ4n) is 6.44. The molecule has 2 aromatic carbocycles. The molecule has 6 unspecified atom stereocenters. The molecule has 1 aromatic heterocycles. The Hall–Kier alpha value is -3.65. The number of nitrogens with zero attached hydrogens (tertiary/aromatic N) is 1. The van der Waals surface area contributed by atoms with E-state index in [0.717, 1.165) is 25.7 Å². The number of aliphatic hydroxyl groups is 5. The minimum Gasteiger partial charge on any atom is -0.507 e. The average Bonchev–Trinajstić information content (AvgIpc) is 3.53. The van der Waals surface area contributed by atoms with Crippen LogP contribution in [0.4, 0.5) is 5.82 Å². The highest BCUT2D eigenvalue weighted by Crippen LogP contribution is 2.43. The Bertz CT molecular complexity index is 1580. The van der Waals surface area contributed by atoms with E-state index in [9.17, 15) is 40.2 Å². The second-order valence-corrected chi connectivity index (χ2v) is 11.6. The van der Waals surface area contributed by atoms with Crippen molar-refractivity contribution >= 4 is 28.2 Å². The molecule has 7 N–H and O–H groups in total. The lowest BCUT2D eigenvalue weighted by Gasteiger charge is -2.40. The molecule has 6 rings (SSSR count). The Morgan fingerprint density at radius 2 is 1.74 bits per heavy atom. The summed E-state index contributed by atoms with van der Waals surface area (Å²) in [6.45, 7) is 1.19. The van der Waals surface area contributed by atoms with Crippen LogP contribution in [-0.4, -0.2) is 97.2 Å². The molecule has 228 valence electrons. The second kappa shape index (κ2) is 11.5. The van der Waals surface area contributed by atoms with E-state index < -0.39 is 55.0 Å². The monoisotopic (exact) mass is 594 g/mol. The predicted molar refractivity (Wildman–Crippen MR) is 152 cm³/mol. The number of fused-ring (bicyclic) bond motifs is 4. The standard InChI is InChI=1S/C31H34N2O10/c1-13-8-17-22(18(35)9-13)27(39)24-20(42-31-29(41)28(40)26(38)21(12-34)43-31)10-16-15(23(24)25(17)37)6-7-32-30(16)33-11-19(36)14-4-2-3-5-14/h6-10,14,19,21,26,28-29,31,34-36,38,40-41H,2-5,11-12H2,1H3,(H,32,33). The fraction of sp³-hybridized carbons (Fsp3) is 0.452. The molecule has 0 spiro atoms. The van der Waals surface area contributed by atoms with Gasteiger partial charge >= 0.3 is 0 Å². The van der Waals surface area contributed by atoms with Crippen LogP contribution in [0, 0.1) is 12.8 Å². The lowest BCUT2D eigenvalue weighted by atomic mass is 9.80. The Labute approximate surface area is 246 Å². The fourth-order valence-corrected chi connectivity index (χ4v) is 6.44. The number of rotatable bonds is 7. The molecule has 2 heterocycles. The Balaban J connectivity index is 1.49. The highest BCUT2D eigenvalue weighted by atomic mass is 16.7. The number of ketones is 2. The van der Waals surface area contributed by atoms with Crippen LogP contribution in [-0.2, 0) is 4.74 Å². The number of aromatic nitrogens is 1. The summed E-state index contributed by atoms with van der Waals surface area (Å²) in [5.41, 5.74) is 0.187. The van der Waals surface area contributed by atoms with Gasteiger partial charge in [-0.1, -0.05) is 12.8 Å². The number of benzene rings is 2. The van der Waals surface area contributed by atoms with E-state index in [4.69, 9.17) is 9.47 Å². The number of pyridine rings is 1. The van der Waals surface area contributed by atoms with Gasteiger partial charge in [0, 0.05) is 29.3 Å². The summed E-state index contributed by atoms with van der Waals surface area (Å²) in [5, 5.41) is 66.2. The zero-order valence-corrected chi connectivity index (χ0v) is 23.4. The number of hydrogen-bond acceptors (Lipinski definition) is 12. The van der Waals surface area contributed by atoms with Crippen LogP contribution < -0.4 is 10.1 Å². The SMILES string of the molecule is Cc1cc(O)c2c(c1)C(=O)c1c(c(OC3OC(CO)C(O)C(O)C3O)cc3c(NCC(O)C4CCCC4)nccc13)C2=O. The van der Waals surface area contributed by atoms with Crippen molar-refractivity contribution in [1.82, 2.24) is 4.98 Å². The van der Waals surface area contributed by atoms with Crippen molar-refractivity contribution in [2.24, 2.45) is 5.92 Å². The van der Waals surface area contributed by atoms with Crippen molar-refractivity contribution in [2.45, 2.75) is 69.4 Å². The van der Waals surface area contributed by atoms with Crippen molar-refractivity contribution in [3.8, 4) is 11.5 Å². The largest absolute Gasteiger partial charge is 0.507 e. The van der Waals surface area contributed by atoms with E-state index in [2.05, 4.69) is 10.3 Å². The molecule has 1 saturated carbocycles. The van der Waals surface area contributed by atoms with Crippen LogP contribution in [0.2, 0.25) is 0 Å². The van der Waals surface area contributed by atoms with Crippen molar-refractivity contribution in [3.63, 3.8) is 0 Å². The van der Waals surface area contributed by atoms with Gasteiger partial charge in [-0.3, -0.25) is 9.59 Å². The van der Waals surface area contributed by atoms with Crippen LogP contribution in [0.1, 0.15) is 63.1 Å². The summed E-state index contributed by atoms with van der Waals surface area (Å²) in [5.74, 6) is -1.36. The van der Waals surface area contributed by atoms with Crippen LogP contribution >= 0.6 is 0 Å². The van der Waals surface area contributed by atoms with Gasteiger partial charge in [0.1, 0.15) is 41.7 Å². The molecule has 0 amide bonds. The van der Waals surface area contributed by atoms with Gasteiger partial charge in [-0.05, 0) is 60.9 Å². The molecule has 2 fully saturated rings. The number of phenolic OH excluding ortho intramolecular Hbond substituents is 1. The first-order valence-corrected chi connectivity index (χ1v) is 14.4. The smallest absolute Gasteiger partial charge is 0.229 e. The number of aryl methyl sites for hydroxylation is 1. The first-order chi connectivity index (χ1) is 20.6. The zero-order valence-electron chi connectivity index (χ0n) is 23.4. The first-order valence-electron chi connectivity index (χ1n) is 14.4. The average molecular weight is 595 g/mol. The summed E-state index contributed by atoms with van der Waals surface area (Å²) in [4.78, 5) is 32.4. The van der Waals surface area contributed by atoms with Gasteiger partial charge in [0.05, 0.1) is 23.8 Å². The van der Waals surface area contributed by atoms with E-state index >= 15 is 0 Å². The zero-order chi connectivity index (χ0) is 30.6. The molecule has 12 heteroatoms. The predicted octanol–water partition coefficient (Wildman–Crippen LogP) is 1.17. The summed E-state index contributed by atoms with van der Waals surface area (Å²) in [6.07, 6.45) is -3.25. The van der Waals surface area contributed by atoms with E-state index in [-0.39, 0.29) is 46.2 Å². The van der Waals surface area contributed by atoms with Crippen LogP contribution in [0.3, 0.4) is 0 Å². The minimum atomic E-state index is -1.78. The normalized spacial score (nSPS) is 26.3. The lowest BCUT2D eigenvalue weighted by molar-refractivity contribution is -0.277. The number of aromatic hydroxyl groups is 1. The van der Waals surface area contributed by atoms with Gasteiger partial charge in [0.15, 0.2) is 5.78 Å². The number of nitrogens with one attached hydrogen (secondary N) is 1. The van der Waals surface area contributed by atoms with Gasteiger partial charge in [-0.15, -0.1) is 0 Å². The van der Waals surface area contributed by atoms with Crippen molar-refractivity contribution < 1.29 is 49.7 Å². The van der Waals surface area contributed by atoms with Crippen LogP contribution in [0.5, 0.6) is 11.5 Å². The van der Waals surface area contributed by atoms with Crippen molar-refractivity contribution in [1.29, 1.82) is 0 Å². The van der Waals surface area contributed by atoms with E-state index in [1.165, 1.54) is 24.4 Å². The minimum absolute atomic E-state index is 0.0126. The molecule has 2 aliphatic carbocycles. The molecule has 0 radical (unpaired) electrons. The molecule has 43 heavy (non-hydrogen) atoms. The van der Waals surface area contributed by atoms with Gasteiger partial charge in [0.2, 0.25) is 12.1 Å². The third-order valence-corrected chi connectivity index (χ3v) is 8.73. The number of aliphatic hydroxyl groups excluding tert-OH is 5. The maximum Gasteiger partial charge on any atom is 0.229 e.